The van der Waals surface area contributed by atoms with Crippen LogP contribution in [0, 0.1) is 0 Å². The van der Waals surface area contributed by atoms with Gasteiger partial charge in [0.15, 0.2) is 0 Å². The lowest BCUT2D eigenvalue weighted by Gasteiger charge is -2.29. The van der Waals surface area contributed by atoms with Gasteiger partial charge in [0.2, 0.25) is 10.6 Å². The number of hydrogen-bond donors (Lipinski definition) is 1. The number of esters is 1. The van der Waals surface area contributed by atoms with Gasteiger partial charge < -0.3 is 19.9 Å². The lowest BCUT2D eigenvalue weighted by molar-refractivity contribution is -0.140. The zero-order chi connectivity index (χ0) is 21.3. The molecule has 0 unspecified atom stereocenters. The number of hydrogen-bond acceptors (Lipinski definition) is 7. The van der Waals surface area contributed by atoms with E-state index in [4.69, 9.17) is 31.5 Å². The van der Waals surface area contributed by atoms with Gasteiger partial charge >= 0.3 is 5.97 Å². The van der Waals surface area contributed by atoms with Crippen molar-refractivity contribution in [3.05, 3.63) is 85.7 Å². The first-order valence-corrected chi connectivity index (χ1v) is 10.4. The summed E-state index contributed by atoms with van der Waals surface area (Å²) in [5, 5.41) is 1.15. The van der Waals surface area contributed by atoms with Crippen LogP contribution in [0.3, 0.4) is 0 Å². The number of methoxy groups -OCH3 is 1. The Labute approximate surface area is 181 Å². The zero-order valence-corrected chi connectivity index (χ0v) is 17.6. The minimum atomic E-state index is -0.814. The van der Waals surface area contributed by atoms with E-state index in [0.29, 0.717) is 21.9 Å². The van der Waals surface area contributed by atoms with Crippen molar-refractivity contribution < 1.29 is 19.0 Å². The van der Waals surface area contributed by atoms with Crippen LogP contribution in [0.15, 0.2) is 64.8 Å². The van der Waals surface area contributed by atoms with Gasteiger partial charge in [-0.2, -0.15) is 0 Å². The van der Waals surface area contributed by atoms with Gasteiger partial charge in [0.25, 0.3) is 0 Å². The normalized spacial score (nSPS) is 15.6. The molecular formula is C22H18ClNO5S. The van der Waals surface area contributed by atoms with E-state index in [1.165, 1.54) is 7.11 Å². The van der Waals surface area contributed by atoms with Crippen molar-refractivity contribution in [3.8, 4) is 5.75 Å². The second kappa shape index (κ2) is 8.47. The fourth-order valence-corrected chi connectivity index (χ4v) is 4.66. The minimum Gasteiger partial charge on any atom is -0.460 e. The molecule has 1 aromatic heterocycles. The molecule has 0 saturated heterocycles. The summed E-state index contributed by atoms with van der Waals surface area (Å²) in [4.78, 5) is 26.1. The molecule has 1 aliphatic heterocycles. The van der Waals surface area contributed by atoms with Crippen molar-refractivity contribution in [2.45, 2.75) is 5.92 Å². The average molecular weight is 444 g/mol. The third-order valence-electron chi connectivity index (χ3n) is 4.81. The highest BCUT2D eigenvalue weighted by Gasteiger charge is 2.39. The lowest BCUT2D eigenvalue weighted by atomic mass is 9.83. The van der Waals surface area contributed by atoms with E-state index in [1.54, 1.807) is 24.3 Å². The van der Waals surface area contributed by atoms with Gasteiger partial charge in [-0.3, -0.25) is 4.79 Å². The Kier molecular flexibility index (Phi) is 5.76. The van der Waals surface area contributed by atoms with E-state index in [1.807, 2.05) is 24.3 Å². The third-order valence-corrected chi connectivity index (χ3v) is 6.14. The summed E-state index contributed by atoms with van der Waals surface area (Å²) >= 11 is 7.55. The van der Waals surface area contributed by atoms with E-state index >= 15 is 0 Å². The maximum atomic E-state index is 13.2. The third kappa shape index (κ3) is 3.56. The van der Waals surface area contributed by atoms with E-state index in [0.717, 1.165) is 21.4 Å². The van der Waals surface area contributed by atoms with Crippen molar-refractivity contribution in [2.24, 2.45) is 5.73 Å². The van der Waals surface area contributed by atoms with Crippen molar-refractivity contribution in [2.75, 3.05) is 20.3 Å². The first-order chi connectivity index (χ1) is 14.5. The summed E-state index contributed by atoms with van der Waals surface area (Å²) in [5.74, 6) is -1.27. The molecule has 1 atom stereocenters. The largest absolute Gasteiger partial charge is 0.460 e. The Hall–Kier alpha value is -2.87. The molecule has 30 heavy (non-hydrogen) atoms. The van der Waals surface area contributed by atoms with Crippen LogP contribution in [0.4, 0.5) is 0 Å². The standard InChI is InChI=1S/C22H18ClNO5S/c1-27-10-11-28-21(25)18-16(12-6-2-4-8-14(12)23)17-19(29-20(18)24)13-7-3-5-9-15(13)30-22(17)26/h2-9,16H,10-11,24H2,1H3/t16-/m0/s1. The highest BCUT2D eigenvalue weighted by atomic mass is 35.5. The Morgan fingerprint density at radius 1 is 1.17 bits per heavy atom. The van der Waals surface area contributed by atoms with Crippen LogP contribution in [0.2, 0.25) is 5.02 Å². The van der Waals surface area contributed by atoms with Gasteiger partial charge in [0, 0.05) is 22.2 Å². The van der Waals surface area contributed by atoms with Crippen LogP contribution in [-0.4, -0.2) is 26.3 Å². The molecule has 6 nitrogen and oxygen atoms in total. The Morgan fingerprint density at radius 3 is 2.67 bits per heavy atom. The van der Waals surface area contributed by atoms with Gasteiger partial charge in [-0.15, -0.1) is 0 Å². The summed E-state index contributed by atoms with van der Waals surface area (Å²) in [6, 6.07) is 14.4. The summed E-state index contributed by atoms with van der Waals surface area (Å²) in [5.41, 5.74) is 7.14. The van der Waals surface area contributed by atoms with E-state index in [-0.39, 0.29) is 29.4 Å². The van der Waals surface area contributed by atoms with Crippen LogP contribution in [-0.2, 0) is 14.3 Å². The van der Waals surface area contributed by atoms with Crippen molar-refractivity contribution in [1.82, 2.24) is 0 Å². The van der Waals surface area contributed by atoms with Crippen molar-refractivity contribution in [3.63, 3.8) is 0 Å². The molecule has 8 heteroatoms. The smallest absolute Gasteiger partial charge is 0.340 e. The first kappa shape index (κ1) is 20.4. The molecule has 0 saturated carbocycles. The van der Waals surface area contributed by atoms with Gasteiger partial charge in [0.05, 0.1) is 18.1 Å². The molecule has 0 bridgehead atoms. The van der Waals surface area contributed by atoms with E-state index in [9.17, 15) is 9.59 Å². The van der Waals surface area contributed by atoms with Crippen molar-refractivity contribution in [1.29, 1.82) is 0 Å². The van der Waals surface area contributed by atoms with E-state index < -0.39 is 11.9 Å². The molecule has 0 fully saturated rings. The Morgan fingerprint density at radius 2 is 1.90 bits per heavy atom. The topological polar surface area (TPSA) is 87.8 Å². The molecule has 0 amide bonds. The molecule has 0 radical (unpaired) electrons. The lowest BCUT2D eigenvalue weighted by Crippen LogP contribution is -2.31. The molecule has 154 valence electrons. The van der Waals surface area contributed by atoms with Gasteiger partial charge in [-0.05, 0) is 23.8 Å². The van der Waals surface area contributed by atoms with Crippen LogP contribution < -0.4 is 15.2 Å². The Balaban J connectivity index is 1.96. The van der Waals surface area contributed by atoms with Crippen LogP contribution in [0.1, 0.15) is 17.0 Å². The van der Waals surface area contributed by atoms with Gasteiger partial charge in [-0.25, -0.2) is 4.79 Å². The van der Waals surface area contributed by atoms with Crippen LogP contribution in [0.25, 0.3) is 10.1 Å². The first-order valence-electron chi connectivity index (χ1n) is 9.16. The zero-order valence-electron chi connectivity index (χ0n) is 16.0. The summed E-state index contributed by atoms with van der Waals surface area (Å²) in [7, 11) is 1.50. The minimum absolute atomic E-state index is 0.0405. The number of rotatable bonds is 5. The second-order valence-electron chi connectivity index (χ2n) is 6.59. The predicted octanol–water partition coefficient (Wildman–Crippen LogP) is 3.80. The summed E-state index contributed by atoms with van der Waals surface area (Å²) in [6.45, 7) is 0.269. The highest BCUT2D eigenvalue weighted by Crippen LogP contribution is 2.46. The Bertz CT molecular complexity index is 1220. The number of nitrogens with two attached hydrogens (primary N) is 1. The highest BCUT2D eigenvalue weighted by molar-refractivity contribution is 7.16. The SMILES string of the molecule is COCCOC(=O)C1=C(N)Oc2c(c(=O)sc3ccccc23)[C@@H]1c1ccccc1Cl. The van der Waals surface area contributed by atoms with Crippen molar-refractivity contribution >= 4 is 39.0 Å². The number of halogens is 1. The number of fused-ring (bicyclic) bond motifs is 3. The number of ether oxygens (including phenoxy) is 3. The van der Waals surface area contributed by atoms with Gasteiger partial charge in [-0.1, -0.05) is 53.3 Å². The molecular weight excluding hydrogens is 426 g/mol. The van der Waals surface area contributed by atoms with Gasteiger partial charge in [0.1, 0.15) is 17.9 Å². The quantitative estimate of drug-likeness (QED) is 0.476. The molecule has 0 aliphatic carbocycles. The second-order valence-corrected chi connectivity index (χ2v) is 8.01. The maximum Gasteiger partial charge on any atom is 0.340 e. The average Bonchev–Trinajstić information content (AvgIpc) is 2.73. The van der Waals surface area contributed by atoms with Crippen LogP contribution >= 0.6 is 22.9 Å². The summed E-state index contributed by atoms with van der Waals surface area (Å²) < 4.78 is 16.6. The fraction of sp³-hybridized carbons (Fsp3) is 0.182. The predicted molar refractivity (Wildman–Crippen MR) is 116 cm³/mol. The molecule has 2 heterocycles. The monoisotopic (exact) mass is 443 g/mol. The number of carbonyl (C=O) groups excluding carboxylic acids is 1. The summed E-state index contributed by atoms with van der Waals surface area (Å²) in [6.07, 6.45) is 0. The maximum absolute atomic E-state index is 13.2. The fourth-order valence-electron chi connectivity index (χ4n) is 3.48. The van der Waals surface area contributed by atoms with Crippen LogP contribution in [0.5, 0.6) is 5.75 Å². The number of benzene rings is 2. The molecule has 4 rings (SSSR count). The molecule has 1 aliphatic rings. The molecule has 2 aromatic carbocycles. The molecule has 2 N–H and O–H groups in total. The number of carbonyl (C=O) groups is 1. The molecule has 0 spiro atoms. The molecule has 3 aromatic rings. The van der Waals surface area contributed by atoms with E-state index in [2.05, 4.69) is 0 Å².